The van der Waals surface area contributed by atoms with Gasteiger partial charge in [0.2, 0.25) is 11.8 Å². The molecule has 0 radical (unpaired) electrons. The molecule has 2 aromatic carbocycles. The Morgan fingerprint density at radius 2 is 1.63 bits per heavy atom. The lowest BCUT2D eigenvalue weighted by atomic mass is 10.1. The van der Waals surface area contributed by atoms with Gasteiger partial charge in [0.25, 0.3) is 0 Å². The van der Waals surface area contributed by atoms with Gasteiger partial charge in [-0.2, -0.15) is 0 Å². The fraction of sp³-hybridized carbons (Fsp3) is 0.391. The Kier molecular flexibility index (Phi) is 9.12. The van der Waals surface area contributed by atoms with Crippen molar-refractivity contribution < 1.29 is 14.0 Å². The van der Waals surface area contributed by atoms with Crippen molar-refractivity contribution in [3.05, 3.63) is 69.5 Å². The summed E-state index contributed by atoms with van der Waals surface area (Å²) in [4.78, 5) is 27.7. The van der Waals surface area contributed by atoms with Crippen LogP contribution in [0.2, 0.25) is 10.0 Å². The van der Waals surface area contributed by atoms with E-state index in [-0.39, 0.29) is 36.6 Å². The molecular weight excluding hydrogens is 426 g/mol. The molecule has 2 atom stereocenters. The molecule has 0 saturated carbocycles. The molecule has 30 heavy (non-hydrogen) atoms. The third-order valence-corrected chi connectivity index (χ3v) is 5.75. The Morgan fingerprint density at radius 3 is 2.17 bits per heavy atom. The lowest BCUT2D eigenvalue weighted by Gasteiger charge is -2.31. The third-order valence-electron chi connectivity index (χ3n) is 5.04. The lowest BCUT2D eigenvalue weighted by molar-refractivity contribution is -0.141. The minimum absolute atomic E-state index is 0.00710. The van der Waals surface area contributed by atoms with E-state index in [9.17, 15) is 14.0 Å². The van der Waals surface area contributed by atoms with E-state index in [4.69, 9.17) is 23.2 Å². The van der Waals surface area contributed by atoms with E-state index in [0.717, 1.165) is 12.0 Å². The average Bonchev–Trinajstić information content (AvgIpc) is 2.71. The van der Waals surface area contributed by atoms with Crippen molar-refractivity contribution in [1.29, 1.82) is 0 Å². The Morgan fingerprint density at radius 1 is 1.03 bits per heavy atom. The van der Waals surface area contributed by atoms with Gasteiger partial charge in [-0.3, -0.25) is 9.59 Å². The summed E-state index contributed by atoms with van der Waals surface area (Å²) in [6.45, 7) is 5.93. The number of nitrogens with one attached hydrogen (secondary N) is 1. The summed E-state index contributed by atoms with van der Waals surface area (Å²) in [5.74, 6) is -0.853. The number of nitrogens with zero attached hydrogens (tertiary/aromatic N) is 1. The molecule has 0 fully saturated rings. The Bertz CT molecular complexity index is 854. The van der Waals surface area contributed by atoms with Crippen LogP contribution in [-0.4, -0.2) is 28.8 Å². The number of amides is 2. The third kappa shape index (κ3) is 6.44. The molecule has 2 rings (SSSR count). The highest BCUT2D eigenvalue weighted by Crippen LogP contribution is 2.26. The van der Waals surface area contributed by atoms with Crippen molar-refractivity contribution in [1.82, 2.24) is 10.2 Å². The van der Waals surface area contributed by atoms with Crippen LogP contribution < -0.4 is 5.32 Å². The van der Waals surface area contributed by atoms with Crippen LogP contribution in [0.4, 0.5) is 4.39 Å². The van der Waals surface area contributed by atoms with E-state index in [1.165, 1.54) is 17.0 Å². The summed E-state index contributed by atoms with van der Waals surface area (Å²) in [7, 11) is 0. The fourth-order valence-electron chi connectivity index (χ4n) is 3.10. The van der Waals surface area contributed by atoms with Crippen molar-refractivity contribution >= 4 is 35.0 Å². The maximum absolute atomic E-state index is 13.3. The molecule has 0 aliphatic rings. The van der Waals surface area contributed by atoms with E-state index in [1.807, 2.05) is 20.8 Å². The second-order valence-corrected chi connectivity index (χ2v) is 8.08. The Hall–Kier alpha value is -2.11. The van der Waals surface area contributed by atoms with E-state index in [0.29, 0.717) is 22.0 Å². The van der Waals surface area contributed by atoms with E-state index >= 15 is 0 Å². The molecule has 0 saturated heterocycles. The summed E-state index contributed by atoms with van der Waals surface area (Å²) in [6, 6.07) is 10.3. The molecule has 0 spiro atoms. The normalized spacial score (nSPS) is 12.9. The van der Waals surface area contributed by atoms with E-state index < -0.39 is 6.04 Å². The van der Waals surface area contributed by atoms with Crippen molar-refractivity contribution in [2.75, 3.05) is 0 Å². The van der Waals surface area contributed by atoms with Gasteiger partial charge >= 0.3 is 0 Å². The highest BCUT2D eigenvalue weighted by molar-refractivity contribution is 6.36. The van der Waals surface area contributed by atoms with Crippen LogP contribution in [0.5, 0.6) is 0 Å². The molecule has 2 amide bonds. The summed E-state index contributed by atoms with van der Waals surface area (Å²) in [6.07, 6.45) is 1.18. The first-order chi connectivity index (χ1) is 14.3. The number of hydrogen-bond donors (Lipinski definition) is 1. The molecule has 0 bridgehead atoms. The second-order valence-electron chi connectivity index (χ2n) is 7.27. The first kappa shape index (κ1) is 24.2. The molecule has 0 aliphatic carbocycles. The van der Waals surface area contributed by atoms with Crippen LogP contribution in [0.15, 0.2) is 42.5 Å². The molecule has 2 unspecified atom stereocenters. The smallest absolute Gasteiger partial charge is 0.243 e. The van der Waals surface area contributed by atoms with Crippen molar-refractivity contribution in [2.45, 2.75) is 58.7 Å². The predicted molar refractivity (Wildman–Crippen MR) is 119 cm³/mol. The summed E-state index contributed by atoms with van der Waals surface area (Å²) in [5, 5.41) is 3.75. The fourth-order valence-corrected chi connectivity index (χ4v) is 3.63. The molecular formula is C23H27Cl2FN2O2. The highest BCUT2D eigenvalue weighted by atomic mass is 35.5. The molecule has 1 N–H and O–H groups in total. The zero-order valence-electron chi connectivity index (χ0n) is 17.4. The van der Waals surface area contributed by atoms with Crippen molar-refractivity contribution in [2.24, 2.45) is 0 Å². The highest BCUT2D eigenvalue weighted by Gasteiger charge is 2.30. The van der Waals surface area contributed by atoms with Gasteiger partial charge in [-0.05, 0) is 55.2 Å². The molecule has 2 aromatic rings. The molecule has 7 heteroatoms. The van der Waals surface area contributed by atoms with Gasteiger partial charge < -0.3 is 10.2 Å². The minimum atomic E-state index is -0.669. The zero-order chi connectivity index (χ0) is 22.3. The first-order valence-corrected chi connectivity index (χ1v) is 10.8. The van der Waals surface area contributed by atoms with E-state index in [1.54, 1.807) is 30.3 Å². The van der Waals surface area contributed by atoms with Crippen LogP contribution in [0.25, 0.3) is 0 Å². The van der Waals surface area contributed by atoms with Crippen LogP contribution in [0, 0.1) is 5.82 Å². The van der Waals surface area contributed by atoms with Crippen LogP contribution in [0.1, 0.15) is 44.7 Å². The topological polar surface area (TPSA) is 49.4 Å². The Balaban J connectivity index is 2.34. The van der Waals surface area contributed by atoms with Gasteiger partial charge in [0, 0.05) is 22.6 Å². The van der Waals surface area contributed by atoms with Crippen molar-refractivity contribution in [3.63, 3.8) is 0 Å². The number of hydrogen-bond acceptors (Lipinski definition) is 2. The van der Waals surface area contributed by atoms with Crippen LogP contribution >= 0.6 is 23.2 Å². The van der Waals surface area contributed by atoms with Gasteiger partial charge in [0.15, 0.2) is 0 Å². The summed E-state index contributed by atoms with van der Waals surface area (Å²) >= 11 is 12.5. The Labute approximate surface area is 187 Å². The van der Waals surface area contributed by atoms with Crippen LogP contribution in [0.3, 0.4) is 0 Å². The van der Waals surface area contributed by atoms with Gasteiger partial charge in [0.05, 0.1) is 6.42 Å². The maximum Gasteiger partial charge on any atom is 0.243 e. The predicted octanol–water partition coefficient (Wildman–Crippen LogP) is 5.40. The summed E-state index contributed by atoms with van der Waals surface area (Å²) < 4.78 is 13.3. The van der Waals surface area contributed by atoms with Gasteiger partial charge in [-0.15, -0.1) is 0 Å². The monoisotopic (exact) mass is 452 g/mol. The zero-order valence-corrected chi connectivity index (χ0v) is 18.9. The first-order valence-electron chi connectivity index (χ1n) is 10.0. The van der Waals surface area contributed by atoms with Gasteiger partial charge in [0.1, 0.15) is 11.9 Å². The number of halogens is 3. The molecule has 0 heterocycles. The number of carbonyl (C=O) groups excluding carboxylic acids is 2. The second kappa shape index (κ2) is 11.3. The largest absolute Gasteiger partial charge is 0.352 e. The van der Waals surface area contributed by atoms with Gasteiger partial charge in [-0.1, -0.05) is 55.2 Å². The number of benzene rings is 2. The maximum atomic E-state index is 13.3. The van der Waals surface area contributed by atoms with E-state index in [2.05, 4.69) is 5.32 Å². The van der Waals surface area contributed by atoms with Gasteiger partial charge in [-0.25, -0.2) is 4.39 Å². The molecule has 0 aromatic heterocycles. The summed E-state index contributed by atoms with van der Waals surface area (Å²) in [5.41, 5.74) is 1.25. The quantitative estimate of drug-likeness (QED) is 0.553. The van der Waals surface area contributed by atoms with Crippen LogP contribution in [-0.2, 0) is 22.6 Å². The minimum Gasteiger partial charge on any atom is -0.352 e. The lowest BCUT2D eigenvalue weighted by Crippen LogP contribution is -2.51. The molecule has 162 valence electrons. The number of carbonyl (C=O) groups is 2. The SMILES string of the molecule is CCC(C)NC(=O)C(CC)N(Cc1ccc(F)cc1)C(=O)Cc1c(Cl)cccc1Cl. The number of rotatable bonds is 9. The van der Waals surface area contributed by atoms with Crippen molar-refractivity contribution in [3.8, 4) is 0 Å². The molecule has 0 aliphatic heterocycles. The molecule has 4 nitrogen and oxygen atoms in total. The standard InChI is InChI=1S/C23H27Cl2FN2O2/c1-4-15(3)27-23(30)21(5-2)28(14-16-9-11-17(26)12-10-16)22(29)13-18-19(24)7-6-8-20(18)25/h6-12,15,21H,4-5,13-14H2,1-3H3,(H,27,30). The average molecular weight is 453 g/mol.